The van der Waals surface area contributed by atoms with E-state index in [2.05, 4.69) is 27.1 Å². The quantitative estimate of drug-likeness (QED) is 0.429. The van der Waals surface area contributed by atoms with E-state index in [4.69, 9.17) is 5.21 Å². The van der Waals surface area contributed by atoms with Gasteiger partial charge in [-0.1, -0.05) is 5.16 Å². The molecular weight excluding hydrogens is 234 g/mol. The van der Waals surface area contributed by atoms with Gasteiger partial charge < -0.3 is 15.0 Å². The Labute approximate surface area is 105 Å². The fraction of sp³-hybridized carbons (Fsp3) is 0.545. The zero-order valence-electron chi connectivity index (χ0n) is 10.6. The van der Waals surface area contributed by atoms with Gasteiger partial charge in [0.1, 0.15) is 0 Å². The molecule has 7 nitrogen and oxygen atoms in total. The molecule has 1 aromatic rings. The summed E-state index contributed by atoms with van der Waals surface area (Å²) in [5, 5.41) is 15.7. The second kappa shape index (κ2) is 5.18. The Hall–Kier alpha value is -1.89. The summed E-state index contributed by atoms with van der Waals surface area (Å²) in [5.74, 6) is 0. The highest BCUT2D eigenvalue weighted by molar-refractivity contribution is 5.86. The van der Waals surface area contributed by atoms with Crippen molar-refractivity contribution in [3.63, 3.8) is 0 Å². The molecule has 0 bridgehead atoms. The molecule has 0 amide bonds. The smallest absolute Gasteiger partial charge is 0.277 e. The Morgan fingerprint density at radius 3 is 2.61 bits per heavy atom. The van der Waals surface area contributed by atoms with Gasteiger partial charge in [0.05, 0.1) is 23.7 Å². The SMILES string of the molecule is CN1CCN(c2cnn(C)c(=O)c2/C=N/O)CC1. The van der Waals surface area contributed by atoms with Gasteiger partial charge in [-0.2, -0.15) is 5.10 Å². The van der Waals surface area contributed by atoms with Gasteiger partial charge in [-0.3, -0.25) is 4.79 Å². The molecule has 0 aromatic carbocycles. The lowest BCUT2D eigenvalue weighted by Gasteiger charge is -2.34. The van der Waals surface area contributed by atoms with Gasteiger partial charge in [0.2, 0.25) is 0 Å². The maximum Gasteiger partial charge on any atom is 0.277 e. The molecule has 0 radical (unpaired) electrons. The molecule has 1 N–H and O–H groups in total. The maximum atomic E-state index is 11.9. The van der Waals surface area contributed by atoms with Crippen LogP contribution in [0.15, 0.2) is 16.1 Å². The normalized spacial score (nSPS) is 17.6. The van der Waals surface area contributed by atoms with Crippen molar-refractivity contribution < 1.29 is 5.21 Å². The van der Waals surface area contributed by atoms with E-state index in [-0.39, 0.29) is 5.56 Å². The monoisotopic (exact) mass is 251 g/mol. The van der Waals surface area contributed by atoms with Crippen molar-refractivity contribution in [1.29, 1.82) is 0 Å². The molecule has 0 aliphatic carbocycles. The second-order valence-electron chi connectivity index (χ2n) is 4.41. The number of hydrogen-bond acceptors (Lipinski definition) is 6. The number of likely N-dealkylation sites (N-methyl/N-ethyl adjacent to an activating group) is 1. The molecule has 1 fully saturated rings. The number of hydrogen-bond donors (Lipinski definition) is 1. The van der Waals surface area contributed by atoms with Gasteiger partial charge in [0.15, 0.2) is 0 Å². The summed E-state index contributed by atoms with van der Waals surface area (Å²) in [7, 11) is 3.64. The Morgan fingerprint density at radius 1 is 1.33 bits per heavy atom. The van der Waals surface area contributed by atoms with Crippen LogP contribution in [-0.4, -0.2) is 59.3 Å². The van der Waals surface area contributed by atoms with Crippen LogP contribution in [0, 0.1) is 0 Å². The van der Waals surface area contributed by atoms with Crippen LogP contribution in [0.3, 0.4) is 0 Å². The molecule has 1 saturated heterocycles. The summed E-state index contributed by atoms with van der Waals surface area (Å²) in [6, 6.07) is 0. The van der Waals surface area contributed by atoms with Crippen molar-refractivity contribution in [2.45, 2.75) is 0 Å². The van der Waals surface area contributed by atoms with E-state index in [1.807, 2.05) is 0 Å². The summed E-state index contributed by atoms with van der Waals surface area (Å²) >= 11 is 0. The van der Waals surface area contributed by atoms with Crippen molar-refractivity contribution in [3.8, 4) is 0 Å². The fourth-order valence-electron chi connectivity index (χ4n) is 2.03. The molecule has 0 unspecified atom stereocenters. The van der Waals surface area contributed by atoms with E-state index in [1.165, 1.54) is 10.9 Å². The van der Waals surface area contributed by atoms with Crippen molar-refractivity contribution in [3.05, 3.63) is 22.1 Å². The van der Waals surface area contributed by atoms with E-state index in [0.717, 1.165) is 31.9 Å². The zero-order valence-corrected chi connectivity index (χ0v) is 10.6. The lowest BCUT2D eigenvalue weighted by Crippen LogP contribution is -2.45. The first-order valence-corrected chi connectivity index (χ1v) is 5.80. The van der Waals surface area contributed by atoms with Crippen LogP contribution in [-0.2, 0) is 7.05 Å². The predicted octanol–water partition coefficient (Wildman–Crippen LogP) is -0.660. The number of piperazine rings is 1. The first kappa shape index (κ1) is 12.6. The number of aromatic nitrogens is 2. The van der Waals surface area contributed by atoms with Gasteiger partial charge in [0.25, 0.3) is 5.56 Å². The molecule has 2 rings (SSSR count). The van der Waals surface area contributed by atoms with Gasteiger partial charge >= 0.3 is 0 Å². The fourth-order valence-corrected chi connectivity index (χ4v) is 2.03. The third kappa shape index (κ3) is 2.35. The summed E-state index contributed by atoms with van der Waals surface area (Å²) in [6.07, 6.45) is 2.82. The minimum absolute atomic E-state index is 0.260. The highest BCUT2D eigenvalue weighted by atomic mass is 16.4. The van der Waals surface area contributed by atoms with Crippen molar-refractivity contribution >= 4 is 11.9 Å². The van der Waals surface area contributed by atoms with E-state index in [0.29, 0.717) is 5.56 Å². The molecule has 7 heteroatoms. The second-order valence-corrected chi connectivity index (χ2v) is 4.41. The summed E-state index contributed by atoms with van der Waals surface area (Å²) < 4.78 is 1.23. The number of rotatable bonds is 2. The molecule has 98 valence electrons. The highest BCUT2D eigenvalue weighted by Crippen LogP contribution is 2.16. The van der Waals surface area contributed by atoms with Crippen LogP contribution >= 0.6 is 0 Å². The minimum Gasteiger partial charge on any atom is -0.411 e. The van der Waals surface area contributed by atoms with Crippen molar-refractivity contribution in [1.82, 2.24) is 14.7 Å². The zero-order chi connectivity index (χ0) is 13.1. The Bertz CT molecular complexity index is 503. The summed E-state index contributed by atoms with van der Waals surface area (Å²) in [5.41, 5.74) is 0.841. The average Bonchev–Trinajstić information content (AvgIpc) is 2.37. The minimum atomic E-state index is -0.260. The predicted molar refractivity (Wildman–Crippen MR) is 68.6 cm³/mol. The van der Waals surface area contributed by atoms with Crippen molar-refractivity contribution in [2.24, 2.45) is 12.2 Å². The average molecular weight is 251 g/mol. The van der Waals surface area contributed by atoms with Crippen LogP contribution < -0.4 is 10.5 Å². The van der Waals surface area contributed by atoms with Crippen LogP contribution in [0.5, 0.6) is 0 Å². The van der Waals surface area contributed by atoms with Crippen molar-refractivity contribution in [2.75, 3.05) is 38.1 Å². The topological polar surface area (TPSA) is 74.0 Å². The summed E-state index contributed by atoms with van der Waals surface area (Å²) in [6.45, 7) is 3.53. The highest BCUT2D eigenvalue weighted by Gasteiger charge is 2.19. The summed E-state index contributed by atoms with van der Waals surface area (Å²) in [4.78, 5) is 16.3. The number of nitrogens with zero attached hydrogens (tertiary/aromatic N) is 5. The third-order valence-electron chi connectivity index (χ3n) is 3.18. The lowest BCUT2D eigenvalue weighted by molar-refractivity contribution is 0.312. The van der Waals surface area contributed by atoms with Gasteiger partial charge in [-0.05, 0) is 7.05 Å². The molecule has 0 saturated carbocycles. The number of anilines is 1. The van der Waals surface area contributed by atoms with Gasteiger partial charge in [-0.15, -0.1) is 0 Å². The molecule has 0 spiro atoms. The molecule has 1 aromatic heterocycles. The number of oxime groups is 1. The Balaban J connectivity index is 2.38. The maximum absolute atomic E-state index is 11.9. The number of aryl methyl sites for hydroxylation is 1. The molecule has 1 aliphatic heterocycles. The molecular formula is C11H17N5O2. The first-order valence-electron chi connectivity index (χ1n) is 5.80. The third-order valence-corrected chi connectivity index (χ3v) is 3.18. The largest absolute Gasteiger partial charge is 0.411 e. The van der Waals surface area contributed by atoms with Crippen LogP contribution in [0.4, 0.5) is 5.69 Å². The van der Waals surface area contributed by atoms with Crippen LogP contribution in [0.1, 0.15) is 5.56 Å². The Morgan fingerprint density at radius 2 is 2.00 bits per heavy atom. The van der Waals surface area contributed by atoms with E-state index >= 15 is 0 Å². The van der Waals surface area contributed by atoms with Crippen LogP contribution in [0.25, 0.3) is 0 Å². The van der Waals surface area contributed by atoms with E-state index < -0.39 is 0 Å². The molecule has 0 atom stereocenters. The molecule has 18 heavy (non-hydrogen) atoms. The Kier molecular flexibility index (Phi) is 3.61. The van der Waals surface area contributed by atoms with E-state index in [1.54, 1.807) is 13.2 Å². The molecule has 1 aliphatic rings. The van der Waals surface area contributed by atoms with Gasteiger partial charge in [-0.25, -0.2) is 4.68 Å². The molecule has 2 heterocycles. The van der Waals surface area contributed by atoms with Gasteiger partial charge in [0, 0.05) is 33.2 Å². The standard InChI is InChI=1S/C11H17N5O2/c1-14-3-5-16(6-4-14)10-8-12-15(2)11(17)9(10)7-13-18/h7-8,18H,3-6H2,1-2H3/b13-7+. The first-order chi connectivity index (χ1) is 8.63. The van der Waals surface area contributed by atoms with E-state index in [9.17, 15) is 4.79 Å². The van der Waals surface area contributed by atoms with Crippen LogP contribution in [0.2, 0.25) is 0 Å². The lowest BCUT2D eigenvalue weighted by atomic mass is 10.2.